The van der Waals surface area contributed by atoms with Crippen molar-refractivity contribution in [1.82, 2.24) is 4.98 Å². The lowest BCUT2D eigenvalue weighted by Crippen LogP contribution is -2.35. The Balaban J connectivity index is 0.00000144. The molecule has 2 rings (SSSR count). The first-order valence-corrected chi connectivity index (χ1v) is 5.71. The van der Waals surface area contributed by atoms with E-state index in [1.165, 1.54) is 0 Å². The van der Waals surface area contributed by atoms with Crippen LogP contribution < -0.4 is 9.64 Å². The molecule has 4 nitrogen and oxygen atoms in total. The van der Waals surface area contributed by atoms with Crippen molar-refractivity contribution in [3.8, 4) is 5.88 Å². The fraction of sp³-hybridized carbons (Fsp3) is 0.583. The third-order valence-electron chi connectivity index (χ3n) is 2.82. The molecule has 2 heterocycles. The summed E-state index contributed by atoms with van der Waals surface area (Å²) in [7, 11) is 1.58. The molecule has 96 valence electrons. The SMILES string of the molecule is C.COc1cc(N2CCC(O)CC2)c(Cl)cn1. The molecular weight excluding hydrogens is 240 g/mol. The number of pyridine rings is 1. The van der Waals surface area contributed by atoms with Gasteiger partial charge in [-0.15, -0.1) is 0 Å². The van der Waals surface area contributed by atoms with Crippen molar-refractivity contribution in [2.75, 3.05) is 25.1 Å². The van der Waals surface area contributed by atoms with Gasteiger partial charge >= 0.3 is 0 Å². The predicted molar refractivity (Wildman–Crippen MR) is 70.0 cm³/mol. The van der Waals surface area contributed by atoms with Gasteiger partial charge in [-0.1, -0.05) is 19.0 Å². The van der Waals surface area contributed by atoms with Gasteiger partial charge in [0.25, 0.3) is 0 Å². The number of aliphatic hydroxyl groups is 1. The number of hydrogen-bond acceptors (Lipinski definition) is 4. The van der Waals surface area contributed by atoms with E-state index in [9.17, 15) is 5.11 Å². The molecule has 0 aliphatic carbocycles. The Kier molecular flexibility index (Phi) is 5.02. The molecule has 1 aromatic rings. The second-order valence-electron chi connectivity index (χ2n) is 3.90. The lowest BCUT2D eigenvalue weighted by atomic mass is 10.1. The molecule has 1 aliphatic heterocycles. The Morgan fingerprint density at radius 1 is 1.47 bits per heavy atom. The van der Waals surface area contributed by atoms with Crippen LogP contribution >= 0.6 is 11.6 Å². The van der Waals surface area contributed by atoms with Crippen LogP contribution in [0.4, 0.5) is 5.69 Å². The number of ether oxygens (including phenoxy) is 1. The summed E-state index contributed by atoms with van der Waals surface area (Å²) in [5.74, 6) is 0.561. The molecule has 1 aliphatic rings. The normalized spacial score (nSPS) is 16.5. The highest BCUT2D eigenvalue weighted by atomic mass is 35.5. The fourth-order valence-electron chi connectivity index (χ4n) is 1.87. The molecule has 1 aromatic heterocycles. The molecule has 1 fully saturated rings. The Morgan fingerprint density at radius 2 is 2.12 bits per heavy atom. The summed E-state index contributed by atoms with van der Waals surface area (Å²) in [6.45, 7) is 1.63. The maximum absolute atomic E-state index is 9.45. The molecule has 0 spiro atoms. The molecule has 0 bridgehead atoms. The number of methoxy groups -OCH3 is 1. The number of anilines is 1. The number of piperidine rings is 1. The Morgan fingerprint density at radius 3 is 2.71 bits per heavy atom. The van der Waals surface area contributed by atoms with Gasteiger partial charge < -0.3 is 14.7 Å². The minimum Gasteiger partial charge on any atom is -0.481 e. The quantitative estimate of drug-likeness (QED) is 0.885. The first-order chi connectivity index (χ1) is 7.70. The minimum absolute atomic E-state index is 0. The number of halogens is 1. The van der Waals surface area contributed by atoms with Gasteiger partial charge in [0.15, 0.2) is 0 Å². The molecular formula is C12H19ClN2O2. The van der Waals surface area contributed by atoms with Crippen LogP contribution in [0.25, 0.3) is 0 Å². The van der Waals surface area contributed by atoms with Crippen LogP contribution in [0.3, 0.4) is 0 Å². The van der Waals surface area contributed by atoms with Crippen molar-refractivity contribution in [3.63, 3.8) is 0 Å². The standard InChI is InChI=1S/C11H15ClN2O2.CH4/c1-16-11-6-10(9(12)7-13-11)14-4-2-8(15)3-5-14;/h6-8,15H,2-5H2,1H3;1H4. The van der Waals surface area contributed by atoms with Crippen molar-refractivity contribution in [3.05, 3.63) is 17.3 Å². The highest BCUT2D eigenvalue weighted by Crippen LogP contribution is 2.30. The number of nitrogens with zero attached hydrogens (tertiary/aromatic N) is 2. The maximum atomic E-state index is 9.45. The average Bonchev–Trinajstić information content (AvgIpc) is 2.31. The van der Waals surface area contributed by atoms with Gasteiger partial charge in [0, 0.05) is 19.2 Å². The van der Waals surface area contributed by atoms with Gasteiger partial charge in [0.2, 0.25) is 5.88 Å². The van der Waals surface area contributed by atoms with Crippen LogP contribution in [0, 0.1) is 0 Å². The molecule has 0 unspecified atom stereocenters. The summed E-state index contributed by atoms with van der Waals surface area (Å²) in [6, 6.07) is 1.83. The molecule has 1 N–H and O–H groups in total. The van der Waals surface area contributed by atoms with E-state index in [2.05, 4.69) is 9.88 Å². The Bertz CT molecular complexity index is 366. The number of aromatic nitrogens is 1. The Hall–Kier alpha value is -1.00. The molecule has 0 atom stereocenters. The van der Waals surface area contributed by atoms with E-state index in [0.717, 1.165) is 31.6 Å². The highest BCUT2D eigenvalue weighted by molar-refractivity contribution is 6.33. The summed E-state index contributed by atoms with van der Waals surface area (Å²) in [5.41, 5.74) is 0.931. The van der Waals surface area contributed by atoms with Gasteiger partial charge in [0.1, 0.15) is 0 Å². The summed E-state index contributed by atoms with van der Waals surface area (Å²) in [5, 5.41) is 10.1. The van der Waals surface area contributed by atoms with E-state index in [0.29, 0.717) is 10.9 Å². The number of rotatable bonds is 2. The second-order valence-corrected chi connectivity index (χ2v) is 4.30. The monoisotopic (exact) mass is 258 g/mol. The van der Waals surface area contributed by atoms with Crippen molar-refractivity contribution in [2.24, 2.45) is 0 Å². The zero-order valence-electron chi connectivity index (χ0n) is 9.19. The zero-order chi connectivity index (χ0) is 11.5. The predicted octanol–water partition coefficient (Wildman–Crippen LogP) is 2.34. The molecule has 0 amide bonds. The largest absolute Gasteiger partial charge is 0.481 e. The fourth-order valence-corrected chi connectivity index (χ4v) is 2.09. The number of aliphatic hydroxyl groups excluding tert-OH is 1. The van der Waals surface area contributed by atoms with Crippen LogP contribution in [0.15, 0.2) is 12.3 Å². The third-order valence-corrected chi connectivity index (χ3v) is 3.12. The molecule has 0 radical (unpaired) electrons. The third kappa shape index (κ3) is 3.23. The van der Waals surface area contributed by atoms with Crippen molar-refractivity contribution in [1.29, 1.82) is 0 Å². The molecule has 17 heavy (non-hydrogen) atoms. The van der Waals surface area contributed by atoms with Gasteiger partial charge in [-0.3, -0.25) is 0 Å². The summed E-state index contributed by atoms with van der Waals surface area (Å²) in [6.07, 6.45) is 2.97. The van der Waals surface area contributed by atoms with E-state index < -0.39 is 0 Å². The van der Waals surface area contributed by atoms with E-state index in [-0.39, 0.29) is 13.5 Å². The van der Waals surface area contributed by atoms with E-state index in [1.54, 1.807) is 13.3 Å². The van der Waals surface area contributed by atoms with Gasteiger partial charge in [0.05, 0.1) is 30.1 Å². The van der Waals surface area contributed by atoms with Gasteiger partial charge in [-0.25, -0.2) is 4.98 Å². The van der Waals surface area contributed by atoms with Crippen LogP contribution in [0.1, 0.15) is 20.3 Å². The van der Waals surface area contributed by atoms with Crippen LogP contribution in [-0.2, 0) is 0 Å². The maximum Gasteiger partial charge on any atom is 0.215 e. The Labute approximate surface area is 107 Å². The van der Waals surface area contributed by atoms with Crippen LogP contribution in [0.5, 0.6) is 5.88 Å². The topological polar surface area (TPSA) is 45.6 Å². The summed E-state index contributed by atoms with van der Waals surface area (Å²) >= 11 is 6.10. The first kappa shape index (κ1) is 14.1. The summed E-state index contributed by atoms with van der Waals surface area (Å²) in [4.78, 5) is 6.19. The lowest BCUT2D eigenvalue weighted by molar-refractivity contribution is 0.145. The second kappa shape index (κ2) is 6.07. The van der Waals surface area contributed by atoms with E-state index in [1.807, 2.05) is 6.07 Å². The van der Waals surface area contributed by atoms with Crippen molar-refractivity contribution in [2.45, 2.75) is 26.4 Å². The van der Waals surface area contributed by atoms with Crippen molar-refractivity contribution >= 4 is 17.3 Å². The minimum atomic E-state index is -0.182. The number of hydrogen-bond donors (Lipinski definition) is 1. The molecule has 0 saturated carbocycles. The van der Waals surface area contributed by atoms with Crippen molar-refractivity contribution < 1.29 is 9.84 Å². The molecule has 5 heteroatoms. The molecule has 0 aromatic carbocycles. The van der Waals surface area contributed by atoms with Crippen LogP contribution in [0.2, 0.25) is 5.02 Å². The first-order valence-electron chi connectivity index (χ1n) is 5.33. The lowest BCUT2D eigenvalue weighted by Gasteiger charge is -2.32. The summed E-state index contributed by atoms with van der Waals surface area (Å²) < 4.78 is 5.08. The smallest absolute Gasteiger partial charge is 0.215 e. The average molecular weight is 259 g/mol. The highest BCUT2D eigenvalue weighted by Gasteiger charge is 2.19. The van der Waals surface area contributed by atoms with Gasteiger partial charge in [-0.05, 0) is 12.8 Å². The van der Waals surface area contributed by atoms with E-state index in [4.69, 9.17) is 16.3 Å². The van der Waals surface area contributed by atoms with Gasteiger partial charge in [-0.2, -0.15) is 0 Å². The zero-order valence-corrected chi connectivity index (χ0v) is 9.94. The van der Waals surface area contributed by atoms with Crippen LogP contribution in [-0.4, -0.2) is 36.4 Å². The van der Waals surface area contributed by atoms with E-state index >= 15 is 0 Å². The molecule has 1 saturated heterocycles.